The summed E-state index contributed by atoms with van der Waals surface area (Å²) in [4.78, 5) is 23.7. The number of anilines is 1. The third-order valence-corrected chi connectivity index (χ3v) is 6.13. The zero-order valence-electron chi connectivity index (χ0n) is 16.6. The fourth-order valence-corrected chi connectivity index (χ4v) is 4.47. The summed E-state index contributed by atoms with van der Waals surface area (Å²) in [6.45, 7) is 2.04. The second kappa shape index (κ2) is 8.88. The number of carbonyl (C=O) groups is 1. The van der Waals surface area contributed by atoms with Crippen molar-refractivity contribution < 1.29 is 13.6 Å². The van der Waals surface area contributed by atoms with Gasteiger partial charge in [0.25, 0.3) is 5.91 Å². The van der Waals surface area contributed by atoms with Crippen molar-refractivity contribution in [3.8, 4) is 6.07 Å². The maximum Gasteiger partial charge on any atom is 0.315 e. The van der Waals surface area contributed by atoms with E-state index in [4.69, 9.17) is 5.26 Å². The molecule has 1 N–H and O–H groups in total. The number of fused-ring (bicyclic) bond motifs is 1. The van der Waals surface area contributed by atoms with Gasteiger partial charge in [-0.15, -0.1) is 0 Å². The molecule has 1 amide bonds. The van der Waals surface area contributed by atoms with E-state index in [1.165, 1.54) is 11.2 Å². The maximum atomic E-state index is 12.6. The summed E-state index contributed by atoms with van der Waals surface area (Å²) in [5.41, 5.74) is 1.38. The second-order valence-electron chi connectivity index (χ2n) is 7.88. The van der Waals surface area contributed by atoms with Gasteiger partial charge in [0.15, 0.2) is 0 Å². The van der Waals surface area contributed by atoms with E-state index in [0.717, 1.165) is 42.4 Å². The summed E-state index contributed by atoms with van der Waals surface area (Å²) in [6, 6.07) is 8.24. The highest BCUT2D eigenvalue weighted by Crippen LogP contribution is 2.28. The molecular formula is C21H24F2N6O. The van der Waals surface area contributed by atoms with E-state index in [1.807, 2.05) is 12.1 Å². The van der Waals surface area contributed by atoms with Gasteiger partial charge in [0.2, 0.25) is 0 Å². The van der Waals surface area contributed by atoms with E-state index in [2.05, 4.69) is 26.3 Å². The van der Waals surface area contributed by atoms with Crippen LogP contribution in [0.1, 0.15) is 31.2 Å². The summed E-state index contributed by atoms with van der Waals surface area (Å²) in [5, 5.41) is 13.5. The molecule has 2 heterocycles. The largest absolute Gasteiger partial charge is 0.367 e. The fourth-order valence-electron chi connectivity index (χ4n) is 4.47. The number of nitrogens with zero attached hydrogens (tertiary/aromatic N) is 5. The fraction of sp³-hybridized carbons (Fsp3) is 0.524. The Kier molecular flexibility index (Phi) is 6.04. The topological polar surface area (TPSA) is 85.2 Å². The summed E-state index contributed by atoms with van der Waals surface area (Å²) in [7, 11) is 0. The molecule has 158 valence electrons. The molecule has 9 heteroatoms. The first kappa shape index (κ1) is 20.4. The molecule has 1 aromatic heterocycles. The number of nitrogens with one attached hydrogen (secondary N) is 1. The van der Waals surface area contributed by atoms with E-state index < -0.39 is 12.3 Å². The Morgan fingerprint density at radius 2 is 1.87 bits per heavy atom. The smallest absolute Gasteiger partial charge is 0.315 e. The number of hydrogen-bond acceptors (Lipinski definition) is 6. The molecule has 2 aromatic rings. The second-order valence-corrected chi connectivity index (χ2v) is 7.88. The Hall–Kier alpha value is -2.86. The van der Waals surface area contributed by atoms with Crippen LogP contribution in [0.15, 0.2) is 24.5 Å². The minimum absolute atomic E-state index is 0.284. The number of halogens is 2. The SMILES string of the molecule is N#Cc1ccc2ncnc(NC3CCC(N4CCN(C(=O)C(F)F)CC4)CC3)c2c1. The van der Waals surface area contributed by atoms with Gasteiger partial charge >= 0.3 is 6.43 Å². The van der Waals surface area contributed by atoms with Crippen molar-refractivity contribution in [3.05, 3.63) is 30.1 Å². The lowest BCUT2D eigenvalue weighted by Crippen LogP contribution is -2.54. The zero-order chi connectivity index (χ0) is 21.1. The number of aromatic nitrogens is 2. The molecule has 2 aliphatic rings. The molecule has 1 aromatic carbocycles. The molecule has 0 bridgehead atoms. The Morgan fingerprint density at radius 3 is 2.53 bits per heavy atom. The van der Waals surface area contributed by atoms with Crippen molar-refractivity contribution in [2.24, 2.45) is 0 Å². The summed E-state index contributed by atoms with van der Waals surface area (Å²) >= 11 is 0. The molecule has 0 atom stereocenters. The van der Waals surface area contributed by atoms with Gasteiger partial charge in [0.05, 0.1) is 17.1 Å². The number of piperazine rings is 1. The lowest BCUT2D eigenvalue weighted by Gasteiger charge is -2.42. The number of rotatable bonds is 4. The van der Waals surface area contributed by atoms with Crippen molar-refractivity contribution in [2.75, 3.05) is 31.5 Å². The van der Waals surface area contributed by atoms with Crippen LogP contribution in [-0.4, -0.2) is 70.4 Å². The predicted octanol–water partition coefficient (Wildman–Crippen LogP) is 2.63. The van der Waals surface area contributed by atoms with Gasteiger partial charge in [-0.2, -0.15) is 14.0 Å². The van der Waals surface area contributed by atoms with Crippen LogP contribution in [0, 0.1) is 11.3 Å². The van der Waals surface area contributed by atoms with Crippen LogP contribution in [0.5, 0.6) is 0 Å². The van der Waals surface area contributed by atoms with Crippen LogP contribution < -0.4 is 5.32 Å². The number of carbonyl (C=O) groups excluding carboxylic acids is 1. The average Bonchev–Trinajstić information content (AvgIpc) is 2.79. The molecule has 30 heavy (non-hydrogen) atoms. The predicted molar refractivity (Wildman–Crippen MR) is 108 cm³/mol. The Labute approximate surface area is 173 Å². The van der Waals surface area contributed by atoms with E-state index in [-0.39, 0.29) is 6.04 Å². The Balaban J connectivity index is 1.32. The Morgan fingerprint density at radius 1 is 1.13 bits per heavy atom. The molecule has 1 saturated heterocycles. The minimum Gasteiger partial charge on any atom is -0.367 e. The van der Waals surface area contributed by atoms with Gasteiger partial charge < -0.3 is 10.2 Å². The molecule has 0 spiro atoms. The highest BCUT2D eigenvalue weighted by atomic mass is 19.3. The summed E-state index contributed by atoms with van der Waals surface area (Å²) in [6.07, 6.45) is 2.58. The van der Waals surface area contributed by atoms with E-state index in [0.29, 0.717) is 37.8 Å². The van der Waals surface area contributed by atoms with Crippen molar-refractivity contribution in [2.45, 2.75) is 44.2 Å². The van der Waals surface area contributed by atoms with Gasteiger partial charge in [-0.3, -0.25) is 9.69 Å². The molecule has 0 unspecified atom stereocenters. The number of alkyl halides is 2. The average molecular weight is 414 g/mol. The van der Waals surface area contributed by atoms with Crippen molar-refractivity contribution in [1.29, 1.82) is 5.26 Å². The van der Waals surface area contributed by atoms with Gasteiger partial charge in [0, 0.05) is 43.6 Å². The lowest BCUT2D eigenvalue weighted by atomic mass is 9.89. The molecule has 1 aliphatic carbocycles. The van der Waals surface area contributed by atoms with E-state index in [1.54, 1.807) is 6.07 Å². The molecule has 7 nitrogen and oxygen atoms in total. The number of nitriles is 1. The summed E-state index contributed by atoms with van der Waals surface area (Å²) in [5.74, 6) is -0.307. The van der Waals surface area contributed by atoms with Crippen LogP contribution >= 0.6 is 0 Å². The van der Waals surface area contributed by atoms with Crippen LogP contribution in [0.4, 0.5) is 14.6 Å². The van der Waals surface area contributed by atoms with E-state index >= 15 is 0 Å². The molecule has 2 fully saturated rings. The first-order valence-electron chi connectivity index (χ1n) is 10.3. The van der Waals surface area contributed by atoms with Crippen LogP contribution in [-0.2, 0) is 4.79 Å². The molecule has 4 rings (SSSR count). The first-order chi connectivity index (χ1) is 14.5. The van der Waals surface area contributed by atoms with Gasteiger partial charge in [-0.25, -0.2) is 9.97 Å². The van der Waals surface area contributed by atoms with Crippen LogP contribution in [0.2, 0.25) is 0 Å². The quantitative estimate of drug-likeness (QED) is 0.828. The third kappa shape index (κ3) is 4.33. The molecule has 1 aliphatic heterocycles. The van der Waals surface area contributed by atoms with Gasteiger partial charge in [-0.05, 0) is 43.9 Å². The van der Waals surface area contributed by atoms with Gasteiger partial charge in [-0.1, -0.05) is 0 Å². The van der Waals surface area contributed by atoms with Crippen molar-refractivity contribution in [1.82, 2.24) is 19.8 Å². The third-order valence-electron chi connectivity index (χ3n) is 6.13. The Bertz CT molecular complexity index is 946. The zero-order valence-corrected chi connectivity index (χ0v) is 16.6. The number of benzene rings is 1. The van der Waals surface area contributed by atoms with Crippen molar-refractivity contribution >= 4 is 22.6 Å². The minimum atomic E-state index is -2.92. The van der Waals surface area contributed by atoms with Crippen LogP contribution in [0.25, 0.3) is 10.9 Å². The highest BCUT2D eigenvalue weighted by molar-refractivity contribution is 5.89. The molecule has 0 radical (unpaired) electrons. The van der Waals surface area contributed by atoms with Crippen LogP contribution in [0.3, 0.4) is 0 Å². The number of hydrogen-bond donors (Lipinski definition) is 1. The van der Waals surface area contributed by atoms with E-state index in [9.17, 15) is 13.6 Å². The maximum absolute atomic E-state index is 12.6. The molecular weight excluding hydrogens is 390 g/mol. The first-order valence-corrected chi connectivity index (χ1v) is 10.3. The normalized spacial score (nSPS) is 22.8. The summed E-state index contributed by atoms with van der Waals surface area (Å²) < 4.78 is 25.2. The monoisotopic (exact) mass is 414 g/mol. The lowest BCUT2D eigenvalue weighted by molar-refractivity contribution is -0.145. The number of amides is 1. The van der Waals surface area contributed by atoms with Gasteiger partial charge in [0.1, 0.15) is 12.1 Å². The van der Waals surface area contributed by atoms with Crippen molar-refractivity contribution in [3.63, 3.8) is 0 Å². The highest BCUT2D eigenvalue weighted by Gasteiger charge is 2.31. The standard InChI is InChI=1S/C21H24F2N6O/c22-19(23)21(30)29-9-7-28(8-10-29)16-4-2-15(3-5-16)27-20-17-11-14(12-24)1-6-18(17)25-13-26-20/h1,6,11,13,15-16,19H,2-5,7-10H2,(H,25,26,27). The molecule has 1 saturated carbocycles.